The SMILES string of the molecule is O=C(C[NH+]1CCN(C(=O)c2ccccc2)CC1)Nc1nccs1. The van der Waals surface area contributed by atoms with Crippen molar-refractivity contribution in [3.63, 3.8) is 0 Å². The van der Waals surface area contributed by atoms with Crippen molar-refractivity contribution < 1.29 is 14.5 Å². The van der Waals surface area contributed by atoms with Gasteiger partial charge in [-0.05, 0) is 12.1 Å². The average molecular weight is 331 g/mol. The number of benzene rings is 1. The van der Waals surface area contributed by atoms with Gasteiger partial charge in [0.2, 0.25) is 0 Å². The van der Waals surface area contributed by atoms with Crippen LogP contribution in [0.4, 0.5) is 5.13 Å². The highest BCUT2D eigenvalue weighted by Crippen LogP contribution is 2.09. The number of amides is 2. The number of carbonyl (C=O) groups is 2. The van der Waals surface area contributed by atoms with Crippen LogP contribution in [0.5, 0.6) is 0 Å². The first-order chi connectivity index (χ1) is 11.2. The molecule has 1 aliphatic heterocycles. The third kappa shape index (κ3) is 4.14. The van der Waals surface area contributed by atoms with Gasteiger partial charge in [0.15, 0.2) is 11.7 Å². The second kappa shape index (κ2) is 7.34. The van der Waals surface area contributed by atoms with E-state index in [1.165, 1.54) is 16.2 Å². The molecule has 1 fully saturated rings. The van der Waals surface area contributed by atoms with Crippen molar-refractivity contribution in [3.05, 3.63) is 47.5 Å². The number of piperazine rings is 1. The third-order valence-corrected chi connectivity index (χ3v) is 4.56. The highest BCUT2D eigenvalue weighted by molar-refractivity contribution is 7.13. The van der Waals surface area contributed by atoms with Crippen molar-refractivity contribution in [1.82, 2.24) is 9.88 Å². The van der Waals surface area contributed by atoms with Crippen molar-refractivity contribution in [2.24, 2.45) is 0 Å². The van der Waals surface area contributed by atoms with E-state index in [-0.39, 0.29) is 11.8 Å². The Morgan fingerprint density at radius 1 is 1.22 bits per heavy atom. The average Bonchev–Trinajstić information content (AvgIpc) is 3.08. The van der Waals surface area contributed by atoms with Gasteiger partial charge in [0.05, 0.1) is 26.2 Å². The van der Waals surface area contributed by atoms with Gasteiger partial charge in [0.25, 0.3) is 11.8 Å². The van der Waals surface area contributed by atoms with E-state index in [0.29, 0.717) is 24.8 Å². The molecule has 0 radical (unpaired) electrons. The minimum Gasteiger partial charge on any atom is -0.327 e. The molecular weight excluding hydrogens is 312 g/mol. The Balaban J connectivity index is 1.47. The lowest BCUT2D eigenvalue weighted by atomic mass is 10.2. The lowest BCUT2D eigenvalue weighted by Gasteiger charge is -2.31. The summed E-state index contributed by atoms with van der Waals surface area (Å²) in [6.45, 7) is 3.32. The van der Waals surface area contributed by atoms with Crippen LogP contribution in [-0.4, -0.2) is 54.4 Å². The molecule has 7 heteroatoms. The van der Waals surface area contributed by atoms with E-state index in [9.17, 15) is 9.59 Å². The number of hydrogen-bond acceptors (Lipinski definition) is 4. The predicted octanol–water partition coefficient (Wildman–Crippen LogP) is 0.123. The molecule has 0 saturated carbocycles. The summed E-state index contributed by atoms with van der Waals surface area (Å²) in [5.74, 6) is 0.0367. The fraction of sp³-hybridized carbons (Fsp3) is 0.312. The highest BCUT2D eigenvalue weighted by atomic mass is 32.1. The summed E-state index contributed by atoms with van der Waals surface area (Å²) in [4.78, 5) is 31.4. The first-order valence-corrected chi connectivity index (χ1v) is 8.47. The van der Waals surface area contributed by atoms with Crippen molar-refractivity contribution in [2.75, 3.05) is 38.0 Å². The van der Waals surface area contributed by atoms with E-state index in [4.69, 9.17) is 0 Å². The van der Waals surface area contributed by atoms with Crippen LogP contribution in [0.1, 0.15) is 10.4 Å². The molecular formula is C16H19N4O2S+. The number of anilines is 1. The molecule has 0 unspecified atom stereocenters. The topological polar surface area (TPSA) is 66.7 Å². The van der Waals surface area contributed by atoms with Gasteiger partial charge in [-0.3, -0.25) is 14.9 Å². The first kappa shape index (κ1) is 15.6. The molecule has 2 aromatic rings. The quantitative estimate of drug-likeness (QED) is 0.836. The number of nitrogens with one attached hydrogen (secondary N) is 2. The van der Waals surface area contributed by atoms with Gasteiger partial charge in [0, 0.05) is 17.1 Å². The minimum atomic E-state index is -0.0298. The van der Waals surface area contributed by atoms with Gasteiger partial charge in [-0.15, -0.1) is 11.3 Å². The van der Waals surface area contributed by atoms with E-state index < -0.39 is 0 Å². The van der Waals surface area contributed by atoms with Crippen LogP contribution in [0.3, 0.4) is 0 Å². The van der Waals surface area contributed by atoms with Crippen molar-refractivity contribution in [3.8, 4) is 0 Å². The fourth-order valence-corrected chi connectivity index (χ4v) is 3.19. The van der Waals surface area contributed by atoms with Crippen molar-refractivity contribution in [1.29, 1.82) is 0 Å². The van der Waals surface area contributed by atoms with E-state index in [0.717, 1.165) is 18.7 Å². The Hall–Kier alpha value is -2.25. The van der Waals surface area contributed by atoms with E-state index in [1.807, 2.05) is 40.6 Å². The van der Waals surface area contributed by atoms with Gasteiger partial charge in [-0.2, -0.15) is 0 Å². The summed E-state index contributed by atoms with van der Waals surface area (Å²) in [6, 6.07) is 9.32. The molecule has 23 heavy (non-hydrogen) atoms. The standard InChI is InChI=1S/C16H18N4O2S/c21-14(18-16-17-6-11-23-16)12-19-7-9-20(10-8-19)15(22)13-4-2-1-3-5-13/h1-6,11H,7-10,12H2,(H,17,18,21)/p+1. The van der Waals surface area contributed by atoms with Crippen LogP contribution in [0.2, 0.25) is 0 Å². The number of thiazole rings is 1. The maximum absolute atomic E-state index is 12.4. The number of rotatable bonds is 4. The van der Waals surface area contributed by atoms with Crippen LogP contribution < -0.4 is 10.2 Å². The summed E-state index contributed by atoms with van der Waals surface area (Å²) < 4.78 is 0. The summed E-state index contributed by atoms with van der Waals surface area (Å²) in [7, 11) is 0. The highest BCUT2D eigenvalue weighted by Gasteiger charge is 2.25. The Morgan fingerprint density at radius 3 is 2.61 bits per heavy atom. The summed E-state index contributed by atoms with van der Waals surface area (Å²) in [5.41, 5.74) is 0.720. The molecule has 1 aromatic carbocycles. The molecule has 0 bridgehead atoms. The van der Waals surface area contributed by atoms with Crippen LogP contribution >= 0.6 is 11.3 Å². The fourth-order valence-electron chi connectivity index (χ4n) is 2.64. The monoisotopic (exact) mass is 331 g/mol. The predicted molar refractivity (Wildman–Crippen MR) is 88.7 cm³/mol. The maximum atomic E-state index is 12.4. The van der Waals surface area contributed by atoms with Gasteiger partial charge in [0.1, 0.15) is 0 Å². The molecule has 0 atom stereocenters. The Kier molecular flexibility index (Phi) is 4.99. The molecule has 2 amide bonds. The van der Waals surface area contributed by atoms with Crippen LogP contribution in [-0.2, 0) is 4.79 Å². The van der Waals surface area contributed by atoms with Gasteiger partial charge in [-0.1, -0.05) is 18.2 Å². The third-order valence-electron chi connectivity index (χ3n) is 3.87. The van der Waals surface area contributed by atoms with Crippen LogP contribution in [0, 0.1) is 0 Å². The molecule has 2 N–H and O–H groups in total. The maximum Gasteiger partial charge on any atom is 0.281 e. The summed E-state index contributed by atoms with van der Waals surface area (Å²) in [5, 5.41) is 5.26. The number of hydrogen-bond donors (Lipinski definition) is 2. The lowest BCUT2D eigenvalue weighted by Crippen LogP contribution is -3.15. The van der Waals surface area contributed by atoms with E-state index >= 15 is 0 Å². The number of nitrogens with zero attached hydrogens (tertiary/aromatic N) is 2. The molecule has 120 valence electrons. The van der Waals surface area contributed by atoms with Gasteiger partial charge >= 0.3 is 0 Å². The molecule has 6 nitrogen and oxygen atoms in total. The normalized spacial score (nSPS) is 15.4. The Bertz CT molecular complexity index is 652. The zero-order valence-corrected chi connectivity index (χ0v) is 13.5. The largest absolute Gasteiger partial charge is 0.327 e. The van der Waals surface area contributed by atoms with Crippen LogP contribution in [0.15, 0.2) is 41.9 Å². The van der Waals surface area contributed by atoms with Crippen molar-refractivity contribution >= 4 is 28.3 Å². The second-order valence-corrected chi connectivity index (χ2v) is 6.37. The van der Waals surface area contributed by atoms with E-state index in [2.05, 4.69) is 10.3 Å². The zero-order chi connectivity index (χ0) is 16.1. The number of carbonyl (C=O) groups excluding carboxylic acids is 2. The molecule has 0 aliphatic carbocycles. The summed E-state index contributed by atoms with van der Waals surface area (Å²) in [6.07, 6.45) is 1.67. The lowest BCUT2D eigenvalue weighted by molar-refractivity contribution is -0.895. The van der Waals surface area contributed by atoms with Crippen LogP contribution in [0.25, 0.3) is 0 Å². The zero-order valence-electron chi connectivity index (χ0n) is 12.7. The molecule has 1 aliphatic rings. The van der Waals surface area contributed by atoms with E-state index in [1.54, 1.807) is 6.20 Å². The molecule has 1 saturated heterocycles. The number of quaternary nitrogens is 1. The first-order valence-electron chi connectivity index (χ1n) is 7.59. The van der Waals surface area contributed by atoms with Crippen molar-refractivity contribution in [2.45, 2.75) is 0 Å². The second-order valence-electron chi connectivity index (χ2n) is 5.47. The summed E-state index contributed by atoms with van der Waals surface area (Å²) >= 11 is 1.41. The molecule has 0 spiro atoms. The molecule has 3 rings (SSSR count). The molecule has 1 aromatic heterocycles. The van der Waals surface area contributed by atoms with Gasteiger partial charge in [-0.25, -0.2) is 4.98 Å². The molecule has 2 heterocycles. The number of aromatic nitrogens is 1. The Labute approximate surface area is 138 Å². The van der Waals surface area contributed by atoms with Gasteiger partial charge < -0.3 is 9.80 Å². The Morgan fingerprint density at radius 2 is 1.96 bits per heavy atom. The smallest absolute Gasteiger partial charge is 0.281 e. The minimum absolute atomic E-state index is 0.0298.